The Kier molecular flexibility index (Phi) is 3.60. The standard InChI is InChI=1S/C13H17N3O/c1-9-3-5-15-13(11(9)7-14)16-12-4-6-17-8-10(12)2/h3,5,10,12H,4,6,8H2,1-2H3,(H,15,16). The summed E-state index contributed by atoms with van der Waals surface area (Å²) in [4.78, 5) is 4.26. The van der Waals surface area contributed by atoms with Gasteiger partial charge < -0.3 is 10.1 Å². The van der Waals surface area contributed by atoms with E-state index in [1.165, 1.54) is 0 Å². The normalized spacial score (nSPS) is 24.1. The van der Waals surface area contributed by atoms with E-state index in [4.69, 9.17) is 10.00 Å². The van der Waals surface area contributed by atoms with E-state index in [-0.39, 0.29) is 0 Å². The first kappa shape index (κ1) is 11.9. The summed E-state index contributed by atoms with van der Waals surface area (Å²) < 4.78 is 5.40. The van der Waals surface area contributed by atoms with Crippen molar-refractivity contribution < 1.29 is 4.74 Å². The van der Waals surface area contributed by atoms with Crippen LogP contribution in [0.15, 0.2) is 12.3 Å². The van der Waals surface area contributed by atoms with Gasteiger partial charge in [-0.25, -0.2) is 4.98 Å². The van der Waals surface area contributed by atoms with E-state index in [9.17, 15) is 0 Å². The van der Waals surface area contributed by atoms with Crippen molar-refractivity contribution in [3.05, 3.63) is 23.4 Å². The Hall–Kier alpha value is -1.60. The first-order valence-corrected chi connectivity index (χ1v) is 5.92. The third-order valence-electron chi connectivity index (χ3n) is 3.23. The van der Waals surface area contributed by atoms with Crippen molar-refractivity contribution in [2.45, 2.75) is 26.3 Å². The van der Waals surface area contributed by atoms with Crippen LogP contribution in [0.25, 0.3) is 0 Å². The molecule has 0 spiro atoms. The molecule has 90 valence electrons. The molecule has 4 heteroatoms. The summed E-state index contributed by atoms with van der Waals surface area (Å²) in [5.41, 5.74) is 1.61. The molecule has 2 heterocycles. The van der Waals surface area contributed by atoms with E-state index in [0.717, 1.165) is 25.2 Å². The number of nitriles is 1. The molecule has 0 saturated carbocycles. The van der Waals surface area contributed by atoms with Crippen molar-refractivity contribution in [3.63, 3.8) is 0 Å². The van der Waals surface area contributed by atoms with Crippen LogP contribution in [0.1, 0.15) is 24.5 Å². The van der Waals surface area contributed by atoms with E-state index in [1.807, 2.05) is 13.0 Å². The zero-order valence-corrected chi connectivity index (χ0v) is 10.2. The lowest BCUT2D eigenvalue weighted by atomic mass is 9.97. The molecule has 0 radical (unpaired) electrons. The molecule has 1 N–H and O–H groups in total. The van der Waals surface area contributed by atoms with Crippen LogP contribution in [0.5, 0.6) is 0 Å². The highest BCUT2D eigenvalue weighted by Crippen LogP contribution is 2.21. The van der Waals surface area contributed by atoms with Gasteiger partial charge in [0.25, 0.3) is 0 Å². The molecule has 4 nitrogen and oxygen atoms in total. The van der Waals surface area contributed by atoms with Crippen molar-refractivity contribution >= 4 is 5.82 Å². The Labute approximate surface area is 102 Å². The van der Waals surface area contributed by atoms with E-state index >= 15 is 0 Å². The van der Waals surface area contributed by atoms with Crippen LogP contribution in [0, 0.1) is 24.2 Å². The SMILES string of the molecule is Cc1ccnc(NC2CCOCC2C)c1C#N. The van der Waals surface area contributed by atoms with Gasteiger partial charge in [0, 0.05) is 18.8 Å². The maximum Gasteiger partial charge on any atom is 0.144 e. The molecular formula is C13H17N3O. The van der Waals surface area contributed by atoms with E-state index in [0.29, 0.717) is 23.3 Å². The fourth-order valence-corrected chi connectivity index (χ4v) is 2.08. The third-order valence-corrected chi connectivity index (χ3v) is 3.23. The summed E-state index contributed by atoms with van der Waals surface area (Å²) in [6.07, 6.45) is 2.70. The summed E-state index contributed by atoms with van der Waals surface area (Å²) >= 11 is 0. The molecule has 0 aromatic carbocycles. The summed E-state index contributed by atoms with van der Waals surface area (Å²) in [5, 5.41) is 12.5. The number of aromatic nitrogens is 1. The maximum atomic E-state index is 9.14. The van der Waals surface area contributed by atoms with Gasteiger partial charge in [-0.05, 0) is 30.9 Å². The molecule has 0 amide bonds. The third kappa shape index (κ3) is 2.56. The van der Waals surface area contributed by atoms with E-state index in [2.05, 4.69) is 23.3 Å². The smallest absolute Gasteiger partial charge is 0.144 e. The minimum atomic E-state index is 0.338. The Morgan fingerprint density at radius 1 is 1.59 bits per heavy atom. The lowest BCUT2D eigenvalue weighted by Gasteiger charge is -2.30. The number of hydrogen-bond acceptors (Lipinski definition) is 4. The molecule has 1 aliphatic heterocycles. The zero-order chi connectivity index (χ0) is 12.3. The largest absolute Gasteiger partial charge is 0.381 e. The van der Waals surface area contributed by atoms with E-state index < -0.39 is 0 Å². The predicted molar refractivity (Wildman–Crippen MR) is 65.7 cm³/mol. The van der Waals surface area contributed by atoms with Gasteiger partial charge in [-0.3, -0.25) is 0 Å². The van der Waals surface area contributed by atoms with Crippen LogP contribution >= 0.6 is 0 Å². The number of ether oxygens (including phenoxy) is 1. The second-order valence-electron chi connectivity index (χ2n) is 4.55. The first-order valence-electron chi connectivity index (χ1n) is 5.92. The number of nitrogens with one attached hydrogen (secondary N) is 1. The van der Waals surface area contributed by atoms with Gasteiger partial charge in [0.2, 0.25) is 0 Å². The number of hydrogen-bond donors (Lipinski definition) is 1. The lowest BCUT2D eigenvalue weighted by Crippen LogP contribution is -2.36. The number of rotatable bonds is 2. The summed E-state index contributed by atoms with van der Waals surface area (Å²) in [6.45, 7) is 5.62. The second-order valence-corrected chi connectivity index (χ2v) is 4.55. The molecule has 2 rings (SSSR count). The van der Waals surface area contributed by atoms with Crippen molar-refractivity contribution in [1.29, 1.82) is 5.26 Å². The number of pyridine rings is 1. The molecule has 1 aliphatic rings. The molecule has 1 saturated heterocycles. The molecular weight excluding hydrogens is 214 g/mol. The summed E-state index contributed by atoms with van der Waals surface area (Å²) in [5.74, 6) is 1.14. The van der Waals surface area contributed by atoms with Gasteiger partial charge >= 0.3 is 0 Å². The van der Waals surface area contributed by atoms with Gasteiger partial charge in [0.1, 0.15) is 11.9 Å². The molecule has 0 aliphatic carbocycles. The van der Waals surface area contributed by atoms with Crippen molar-refractivity contribution in [3.8, 4) is 6.07 Å². The Bertz CT molecular complexity index is 439. The minimum absolute atomic E-state index is 0.338. The fraction of sp³-hybridized carbons (Fsp3) is 0.538. The summed E-state index contributed by atoms with van der Waals surface area (Å²) in [7, 11) is 0. The van der Waals surface area contributed by atoms with Gasteiger partial charge in [0.15, 0.2) is 0 Å². The van der Waals surface area contributed by atoms with Gasteiger partial charge in [0.05, 0.1) is 12.2 Å². The highest BCUT2D eigenvalue weighted by molar-refractivity contribution is 5.55. The van der Waals surface area contributed by atoms with Crippen LogP contribution in [-0.2, 0) is 4.74 Å². The predicted octanol–water partition coefficient (Wildman–Crippen LogP) is 2.10. The molecule has 17 heavy (non-hydrogen) atoms. The highest BCUT2D eigenvalue weighted by Gasteiger charge is 2.23. The van der Waals surface area contributed by atoms with Gasteiger partial charge in [-0.15, -0.1) is 0 Å². The second kappa shape index (κ2) is 5.15. The lowest BCUT2D eigenvalue weighted by molar-refractivity contribution is 0.0537. The molecule has 2 unspecified atom stereocenters. The highest BCUT2D eigenvalue weighted by atomic mass is 16.5. The van der Waals surface area contributed by atoms with Gasteiger partial charge in [-0.1, -0.05) is 6.92 Å². The molecule has 0 bridgehead atoms. The Balaban J connectivity index is 2.18. The first-order chi connectivity index (χ1) is 8.22. The average molecular weight is 231 g/mol. The number of aryl methyl sites for hydroxylation is 1. The molecule has 1 aromatic heterocycles. The van der Waals surface area contributed by atoms with Crippen LogP contribution < -0.4 is 5.32 Å². The Morgan fingerprint density at radius 2 is 2.41 bits per heavy atom. The average Bonchev–Trinajstić information content (AvgIpc) is 2.32. The number of nitrogens with zero attached hydrogens (tertiary/aromatic N) is 2. The van der Waals surface area contributed by atoms with Crippen molar-refractivity contribution in [1.82, 2.24) is 4.98 Å². The molecule has 1 aromatic rings. The van der Waals surface area contributed by atoms with Crippen molar-refractivity contribution in [2.24, 2.45) is 5.92 Å². The Morgan fingerprint density at radius 3 is 3.12 bits per heavy atom. The van der Waals surface area contributed by atoms with Crippen LogP contribution in [0.4, 0.5) is 5.82 Å². The van der Waals surface area contributed by atoms with Crippen molar-refractivity contribution in [2.75, 3.05) is 18.5 Å². The van der Waals surface area contributed by atoms with Crippen LogP contribution in [0.2, 0.25) is 0 Å². The summed E-state index contributed by atoms with van der Waals surface area (Å²) in [6, 6.07) is 4.41. The fourth-order valence-electron chi connectivity index (χ4n) is 2.08. The number of anilines is 1. The quantitative estimate of drug-likeness (QED) is 0.846. The maximum absolute atomic E-state index is 9.14. The topological polar surface area (TPSA) is 57.9 Å². The molecule has 1 fully saturated rings. The monoisotopic (exact) mass is 231 g/mol. The minimum Gasteiger partial charge on any atom is -0.381 e. The van der Waals surface area contributed by atoms with Crippen LogP contribution in [0.3, 0.4) is 0 Å². The van der Waals surface area contributed by atoms with E-state index in [1.54, 1.807) is 6.20 Å². The zero-order valence-electron chi connectivity index (χ0n) is 10.2. The van der Waals surface area contributed by atoms with Crippen LogP contribution in [-0.4, -0.2) is 24.2 Å². The molecule has 2 atom stereocenters. The van der Waals surface area contributed by atoms with Gasteiger partial charge in [-0.2, -0.15) is 5.26 Å².